The van der Waals surface area contributed by atoms with Crippen LogP contribution in [0.1, 0.15) is 25.3 Å². The van der Waals surface area contributed by atoms with Crippen LogP contribution >= 0.6 is 0 Å². The van der Waals surface area contributed by atoms with E-state index in [4.69, 9.17) is 0 Å². The highest BCUT2D eigenvalue weighted by molar-refractivity contribution is 7.92. The second kappa shape index (κ2) is 7.17. The molecule has 1 aliphatic heterocycles. The Morgan fingerprint density at radius 2 is 1.77 bits per heavy atom. The molecular weight excluding hydrogens is 354 g/mol. The maximum Gasteiger partial charge on any atom is 0.261 e. The number of rotatable bonds is 5. The summed E-state index contributed by atoms with van der Waals surface area (Å²) in [6.07, 6.45) is 1.30. The van der Waals surface area contributed by atoms with Crippen molar-refractivity contribution in [2.45, 2.75) is 31.1 Å². The van der Waals surface area contributed by atoms with Crippen molar-refractivity contribution >= 4 is 38.9 Å². The molecule has 0 aromatic heterocycles. The third-order valence-electron chi connectivity index (χ3n) is 4.02. The minimum Gasteiger partial charge on any atom is -0.326 e. The quantitative estimate of drug-likeness (QED) is 0.749. The number of carbonyl (C=O) groups is 2. The van der Waals surface area contributed by atoms with E-state index in [0.29, 0.717) is 36.3 Å². The van der Waals surface area contributed by atoms with E-state index in [1.54, 1.807) is 37.3 Å². The van der Waals surface area contributed by atoms with E-state index in [1.165, 1.54) is 12.1 Å². The molecule has 0 aliphatic carbocycles. The minimum atomic E-state index is -3.75. The zero-order valence-corrected chi connectivity index (χ0v) is 15.0. The Labute approximate surface area is 151 Å². The van der Waals surface area contributed by atoms with Crippen molar-refractivity contribution in [2.75, 3.05) is 15.4 Å². The third-order valence-corrected chi connectivity index (χ3v) is 5.42. The molecule has 0 fully saturated rings. The van der Waals surface area contributed by atoms with Crippen LogP contribution in [-0.2, 0) is 26.0 Å². The van der Waals surface area contributed by atoms with Gasteiger partial charge in [-0.2, -0.15) is 0 Å². The maximum absolute atomic E-state index is 12.5. The molecule has 1 aliphatic rings. The van der Waals surface area contributed by atoms with Gasteiger partial charge in [0.05, 0.1) is 4.90 Å². The van der Waals surface area contributed by atoms with Crippen LogP contribution in [0.3, 0.4) is 0 Å². The molecule has 2 amide bonds. The van der Waals surface area contributed by atoms with Crippen molar-refractivity contribution in [3.05, 3.63) is 48.0 Å². The first kappa shape index (κ1) is 17.9. The van der Waals surface area contributed by atoms with Crippen LogP contribution in [0.2, 0.25) is 0 Å². The second-order valence-corrected chi connectivity index (χ2v) is 7.63. The van der Waals surface area contributed by atoms with Crippen molar-refractivity contribution in [1.82, 2.24) is 0 Å². The molecule has 2 aromatic rings. The zero-order valence-electron chi connectivity index (χ0n) is 14.2. The van der Waals surface area contributed by atoms with Gasteiger partial charge in [-0.3, -0.25) is 14.3 Å². The lowest BCUT2D eigenvalue weighted by atomic mass is 10.0. The van der Waals surface area contributed by atoms with Gasteiger partial charge in [0.15, 0.2) is 0 Å². The van der Waals surface area contributed by atoms with E-state index in [1.807, 2.05) is 0 Å². The zero-order chi connectivity index (χ0) is 18.7. The first-order valence-electron chi connectivity index (χ1n) is 8.23. The Bertz CT molecular complexity index is 953. The third kappa shape index (κ3) is 4.02. The lowest BCUT2D eigenvalue weighted by molar-refractivity contribution is -0.117. The summed E-state index contributed by atoms with van der Waals surface area (Å²) >= 11 is 0. The first-order valence-corrected chi connectivity index (χ1v) is 9.71. The predicted molar refractivity (Wildman–Crippen MR) is 99.6 cm³/mol. The normalized spacial score (nSPS) is 13.5. The van der Waals surface area contributed by atoms with E-state index >= 15 is 0 Å². The second-order valence-electron chi connectivity index (χ2n) is 5.95. The minimum absolute atomic E-state index is 0.0407. The summed E-state index contributed by atoms with van der Waals surface area (Å²) in [6, 6.07) is 11.0. The molecule has 0 radical (unpaired) electrons. The van der Waals surface area contributed by atoms with Crippen molar-refractivity contribution in [2.24, 2.45) is 0 Å². The summed E-state index contributed by atoms with van der Waals surface area (Å²) in [6.45, 7) is 1.74. The molecule has 0 atom stereocenters. The predicted octanol–water partition coefficient (Wildman–Crippen LogP) is 2.72. The van der Waals surface area contributed by atoms with Crippen LogP contribution in [0, 0.1) is 0 Å². The van der Waals surface area contributed by atoms with E-state index in [9.17, 15) is 18.0 Å². The highest BCUT2D eigenvalue weighted by atomic mass is 32.2. The van der Waals surface area contributed by atoms with Gasteiger partial charge >= 0.3 is 0 Å². The summed E-state index contributed by atoms with van der Waals surface area (Å²) in [4.78, 5) is 22.9. The number of hydrogen-bond donors (Lipinski definition) is 3. The highest BCUT2D eigenvalue weighted by Crippen LogP contribution is 2.27. The van der Waals surface area contributed by atoms with Gasteiger partial charge in [-0.25, -0.2) is 8.42 Å². The van der Waals surface area contributed by atoms with Crippen LogP contribution in [0.4, 0.5) is 17.1 Å². The highest BCUT2D eigenvalue weighted by Gasteiger charge is 2.18. The first-order chi connectivity index (χ1) is 12.4. The summed E-state index contributed by atoms with van der Waals surface area (Å²) in [7, 11) is -3.75. The molecule has 0 spiro atoms. The van der Waals surface area contributed by atoms with Crippen molar-refractivity contribution in [1.29, 1.82) is 0 Å². The summed E-state index contributed by atoms with van der Waals surface area (Å²) in [5, 5.41) is 5.43. The molecule has 136 valence electrons. The fraction of sp³-hybridized carbons (Fsp3) is 0.222. The van der Waals surface area contributed by atoms with E-state index < -0.39 is 10.0 Å². The average Bonchev–Trinajstić information content (AvgIpc) is 2.62. The smallest absolute Gasteiger partial charge is 0.261 e. The summed E-state index contributed by atoms with van der Waals surface area (Å²) in [5.41, 5.74) is 2.58. The van der Waals surface area contributed by atoms with Gasteiger partial charge in [0, 0.05) is 29.9 Å². The van der Waals surface area contributed by atoms with Gasteiger partial charge in [-0.1, -0.05) is 6.92 Å². The van der Waals surface area contributed by atoms with Crippen LogP contribution in [-0.4, -0.2) is 20.2 Å². The number of fused-ring (bicyclic) bond motifs is 1. The van der Waals surface area contributed by atoms with Crippen molar-refractivity contribution in [3.8, 4) is 0 Å². The van der Waals surface area contributed by atoms with E-state index in [-0.39, 0.29) is 16.7 Å². The molecule has 8 heteroatoms. The Hall–Kier alpha value is -2.87. The molecule has 7 nitrogen and oxygen atoms in total. The van der Waals surface area contributed by atoms with Crippen molar-refractivity contribution in [3.63, 3.8) is 0 Å². The Kier molecular flexibility index (Phi) is 4.94. The van der Waals surface area contributed by atoms with Crippen LogP contribution in [0.25, 0.3) is 0 Å². The van der Waals surface area contributed by atoms with Gasteiger partial charge in [-0.15, -0.1) is 0 Å². The Morgan fingerprint density at radius 3 is 2.46 bits per heavy atom. The molecule has 0 unspecified atom stereocenters. The fourth-order valence-electron chi connectivity index (χ4n) is 2.63. The maximum atomic E-state index is 12.5. The molecule has 3 rings (SSSR count). The summed E-state index contributed by atoms with van der Waals surface area (Å²) < 4.78 is 27.6. The number of carbonyl (C=O) groups excluding carboxylic acids is 2. The summed E-state index contributed by atoms with van der Waals surface area (Å²) in [5.74, 6) is -0.180. The Morgan fingerprint density at radius 1 is 1.08 bits per heavy atom. The fourth-order valence-corrected chi connectivity index (χ4v) is 3.68. The average molecular weight is 373 g/mol. The van der Waals surface area contributed by atoms with E-state index in [2.05, 4.69) is 15.4 Å². The lowest BCUT2D eigenvalue weighted by Crippen LogP contribution is -2.19. The van der Waals surface area contributed by atoms with Gasteiger partial charge in [0.25, 0.3) is 10.0 Å². The number of sulfonamides is 1. The number of amides is 2. The van der Waals surface area contributed by atoms with Gasteiger partial charge in [0.1, 0.15) is 0 Å². The molecule has 0 bridgehead atoms. The molecule has 2 aromatic carbocycles. The van der Waals surface area contributed by atoms with Crippen LogP contribution in [0.5, 0.6) is 0 Å². The van der Waals surface area contributed by atoms with E-state index in [0.717, 1.165) is 5.56 Å². The molecule has 0 saturated heterocycles. The molecule has 26 heavy (non-hydrogen) atoms. The topological polar surface area (TPSA) is 104 Å². The van der Waals surface area contributed by atoms with Crippen LogP contribution in [0.15, 0.2) is 47.4 Å². The number of anilines is 3. The van der Waals surface area contributed by atoms with Crippen LogP contribution < -0.4 is 15.4 Å². The SMILES string of the molecule is CCC(=O)Nc1ccc(S(=O)(=O)Nc2ccc3c(c2)CCC(=O)N3)cc1. The largest absolute Gasteiger partial charge is 0.326 e. The van der Waals surface area contributed by atoms with Gasteiger partial charge in [-0.05, 0) is 54.4 Å². The molecular formula is C18H19N3O4S. The molecule has 0 saturated carbocycles. The molecule has 3 N–H and O–H groups in total. The molecule has 1 heterocycles. The van der Waals surface area contributed by atoms with Crippen molar-refractivity contribution < 1.29 is 18.0 Å². The monoisotopic (exact) mass is 373 g/mol. The van der Waals surface area contributed by atoms with Gasteiger partial charge < -0.3 is 10.6 Å². The standard InChI is InChI=1S/C18H19N3O4S/c1-2-17(22)19-13-4-7-15(8-5-13)26(24,25)21-14-6-9-16-12(11-14)3-10-18(23)20-16/h4-9,11,21H,2-3,10H2,1H3,(H,19,22)(H,20,23). The van der Waals surface area contributed by atoms with Gasteiger partial charge in [0.2, 0.25) is 11.8 Å². The Balaban J connectivity index is 1.76. The number of aryl methyl sites for hydroxylation is 1. The number of benzene rings is 2. The number of nitrogens with one attached hydrogen (secondary N) is 3. The lowest BCUT2D eigenvalue weighted by Gasteiger charge is -2.18. The number of hydrogen-bond acceptors (Lipinski definition) is 4.